The van der Waals surface area contributed by atoms with Crippen LogP contribution in [0.4, 0.5) is 0 Å². The van der Waals surface area contributed by atoms with Gasteiger partial charge in [-0.25, -0.2) is 0 Å². The fraction of sp³-hybridized carbons (Fsp3) is 0.842. The van der Waals surface area contributed by atoms with Crippen LogP contribution in [0, 0.1) is 11.8 Å². The van der Waals surface area contributed by atoms with Gasteiger partial charge < -0.3 is 5.11 Å². The Balaban J connectivity index is -0.000000739. The highest BCUT2D eigenvalue weighted by molar-refractivity contribution is 5.70. The Morgan fingerprint density at radius 1 is 1.00 bits per heavy atom. The quantitative estimate of drug-likeness (QED) is 0.340. The maximum Gasteiger partial charge on any atom is 0.307 e. The summed E-state index contributed by atoms with van der Waals surface area (Å²) in [6, 6.07) is 0. The van der Waals surface area contributed by atoms with Gasteiger partial charge in [-0.05, 0) is 18.8 Å². The van der Waals surface area contributed by atoms with E-state index in [-0.39, 0.29) is 11.8 Å². The van der Waals surface area contributed by atoms with Crippen LogP contribution in [0.5, 0.6) is 0 Å². The van der Waals surface area contributed by atoms with Crippen LogP contribution in [0.1, 0.15) is 92.9 Å². The molecular weight excluding hydrogens is 260 g/mol. The highest BCUT2D eigenvalue weighted by Gasteiger charge is 2.23. The molecule has 21 heavy (non-hydrogen) atoms. The summed E-state index contributed by atoms with van der Waals surface area (Å²) >= 11 is 0. The van der Waals surface area contributed by atoms with Crippen LogP contribution in [-0.4, -0.2) is 11.1 Å². The van der Waals surface area contributed by atoms with E-state index in [9.17, 15) is 4.79 Å². The topological polar surface area (TPSA) is 37.3 Å². The lowest BCUT2D eigenvalue weighted by molar-refractivity contribution is -0.143. The van der Waals surface area contributed by atoms with Gasteiger partial charge in [0.1, 0.15) is 0 Å². The predicted molar refractivity (Wildman–Crippen MR) is 95.8 cm³/mol. The first-order valence-electron chi connectivity index (χ1n) is 9.02. The molecule has 0 saturated carbocycles. The molecule has 0 aromatic rings. The van der Waals surface area contributed by atoms with Crippen molar-refractivity contribution in [3.8, 4) is 0 Å². The molecule has 1 N–H and O–H groups in total. The molecular formula is C19H40O2. The van der Waals surface area contributed by atoms with Crippen LogP contribution >= 0.6 is 0 Å². The molecule has 0 saturated heterocycles. The molecule has 0 amide bonds. The Labute approximate surface area is 134 Å². The van der Waals surface area contributed by atoms with Gasteiger partial charge in [0.15, 0.2) is 0 Å². The molecule has 0 aliphatic rings. The van der Waals surface area contributed by atoms with Crippen LogP contribution in [0.3, 0.4) is 0 Å². The summed E-state index contributed by atoms with van der Waals surface area (Å²) in [4.78, 5) is 11.1. The zero-order valence-corrected chi connectivity index (χ0v) is 15.5. The van der Waals surface area contributed by atoms with E-state index in [0.717, 1.165) is 12.8 Å². The fourth-order valence-corrected chi connectivity index (χ4v) is 2.30. The number of hydrogen-bond acceptors (Lipinski definition) is 1. The first kappa shape index (κ1) is 25.2. The minimum Gasteiger partial charge on any atom is -0.481 e. The molecule has 0 radical (unpaired) electrons. The number of unbranched alkanes of at least 4 members (excludes halogenated alkanes) is 5. The summed E-state index contributed by atoms with van der Waals surface area (Å²) in [6.45, 7) is 15.9. The largest absolute Gasteiger partial charge is 0.481 e. The molecule has 0 heterocycles. The first-order chi connectivity index (χ1) is 10.2. The van der Waals surface area contributed by atoms with Gasteiger partial charge >= 0.3 is 5.97 Å². The zero-order valence-electron chi connectivity index (χ0n) is 15.5. The smallest absolute Gasteiger partial charge is 0.307 e. The first-order valence-corrected chi connectivity index (χ1v) is 9.02. The van der Waals surface area contributed by atoms with Crippen LogP contribution < -0.4 is 0 Å². The normalized spacial score (nSPS) is 12.1. The number of carbonyl (C=O) groups is 1. The van der Waals surface area contributed by atoms with Gasteiger partial charge in [0, 0.05) is 0 Å². The van der Waals surface area contributed by atoms with Gasteiger partial charge in [-0.1, -0.05) is 86.1 Å². The fourth-order valence-electron chi connectivity index (χ4n) is 2.30. The lowest BCUT2D eigenvalue weighted by Crippen LogP contribution is -2.21. The summed E-state index contributed by atoms with van der Waals surface area (Å²) in [7, 11) is 0. The highest BCUT2D eigenvalue weighted by atomic mass is 16.4. The second-order valence-electron chi connectivity index (χ2n) is 4.81. The molecule has 2 unspecified atom stereocenters. The number of allylic oxidation sites excluding steroid dienone is 1. The Hall–Kier alpha value is -0.790. The van der Waals surface area contributed by atoms with Crippen molar-refractivity contribution in [2.45, 2.75) is 92.9 Å². The molecule has 0 aliphatic heterocycles. The van der Waals surface area contributed by atoms with Crippen molar-refractivity contribution in [3.05, 3.63) is 12.7 Å². The lowest BCUT2D eigenvalue weighted by Gasteiger charge is -2.19. The Bertz CT molecular complexity index is 212. The molecule has 2 heteroatoms. The minimum atomic E-state index is -0.677. The van der Waals surface area contributed by atoms with Gasteiger partial charge in [0.25, 0.3) is 0 Å². The molecule has 2 nitrogen and oxygen atoms in total. The molecule has 0 fully saturated rings. The Kier molecular flexibility index (Phi) is 25.8. The van der Waals surface area contributed by atoms with E-state index >= 15 is 0 Å². The molecule has 0 spiro atoms. The Morgan fingerprint density at radius 2 is 1.48 bits per heavy atom. The third-order valence-electron chi connectivity index (χ3n) is 3.47. The predicted octanol–water partition coefficient (Wildman–Crippen LogP) is 6.70. The van der Waals surface area contributed by atoms with Crippen LogP contribution in [0.2, 0.25) is 0 Å². The number of aliphatic carboxylic acids is 1. The highest BCUT2D eigenvalue weighted by Crippen LogP contribution is 2.23. The molecule has 0 aromatic carbocycles. The van der Waals surface area contributed by atoms with Gasteiger partial charge in [0.05, 0.1) is 5.92 Å². The second-order valence-corrected chi connectivity index (χ2v) is 4.81. The van der Waals surface area contributed by atoms with Gasteiger partial charge in [-0.15, -0.1) is 6.58 Å². The van der Waals surface area contributed by atoms with Crippen molar-refractivity contribution in [3.63, 3.8) is 0 Å². The van der Waals surface area contributed by atoms with Gasteiger partial charge in [-0.2, -0.15) is 0 Å². The standard InChI is InChI=1S/C15H28O2.2C2H6/c1-4-7-8-9-10-11-12-13(5-2)14(6-3)15(16)17;2*1-2/h5,13-14H,2,4,6-12H2,1,3H3,(H,16,17);2*1-2H3. The third kappa shape index (κ3) is 15.4. The average Bonchev–Trinajstić information content (AvgIpc) is 2.53. The van der Waals surface area contributed by atoms with Crippen molar-refractivity contribution >= 4 is 5.97 Å². The van der Waals surface area contributed by atoms with E-state index in [1.165, 1.54) is 32.1 Å². The van der Waals surface area contributed by atoms with Gasteiger partial charge in [-0.3, -0.25) is 4.79 Å². The molecule has 128 valence electrons. The summed E-state index contributed by atoms with van der Waals surface area (Å²) in [5.41, 5.74) is 0. The molecule has 0 aromatic heterocycles. The van der Waals surface area contributed by atoms with Crippen LogP contribution in [0.25, 0.3) is 0 Å². The number of carboxylic acids is 1. The van der Waals surface area contributed by atoms with Crippen molar-refractivity contribution in [1.82, 2.24) is 0 Å². The van der Waals surface area contributed by atoms with E-state index in [1.807, 2.05) is 40.7 Å². The average molecular weight is 301 g/mol. The second kappa shape index (κ2) is 21.5. The van der Waals surface area contributed by atoms with E-state index in [0.29, 0.717) is 6.42 Å². The molecule has 0 rings (SSSR count). The maximum absolute atomic E-state index is 11.1. The van der Waals surface area contributed by atoms with Crippen LogP contribution in [-0.2, 0) is 4.79 Å². The van der Waals surface area contributed by atoms with Gasteiger partial charge in [0.2, 0.25) is 0 Å². The van der Waals surface area contributed by atoms with Crippen molar-refractivity contribution < 1.29 is 9.90 Å². The maximum atomic E-state index is 11.1. The zero-order chi connectivity index (χ0) is 17.1. The summed E-state index contributed by atoms with van der Waals surface area (Å²) in [6.07, 6.45) is 11.0. The van der Waals surface area contributed by atoms with Crippen molar-refractivity contribution in [2.24, 2.45) is 11.8 Å². The van der Waals surface area contributed by atoms with Crippen LogP contribution in [0.15, 0.2) is 12.7 Å². The molecule has 0 aliphatic carbocycles. The minimum absolute atomic E-state index is 0.142. The number of carboxylic acid groups (broad SMARTS) is 1. The number of hydrogen-bond donors (Lipinski definition) is 1. The lowest BCUT2D eigenvalue weighted by atomic mass is 9.86. The number of rotatable bonds is 11. The monoisotopic (exact) mass is 300 g/mol. The molecule has 0 bridgehead atoms. The summed E-state index contributed by atoms with van der Waals surface area (Å²) < 4.78 is 0. The van der Waals surface area contributed by atoms with E-state index in [1.54, 1.807) is 0 Å². The van der Waals surface area contributed by atoms with E-state index in [2.05, 4.69) is 13.5 Å². The van der Waals surface area contributed by atoms with Crippen molar-refractivity contribution in [2.75, 3.05) is 0 Å². The van der Waals surface area contributed by atoms with E-state index < -0.39 is 5.97 Å². The third-order valence-corrected chi connectivity index (χ3v) is 3.47. The van der Waals surface area contributed by atoms with E-state index in [4.69, 9.17) is 5.11 Å². The Morgan fingerprint density at radius 3 is 1.86 bits per heavy atom. The summed E-state index contributed by atoms with van der Waals surface area (Å²) in [5, 5.41) is 9.10. The summed E-state index contributed by atoms with van der Waals surface area (Å²) in [5.74, 6) is -0.782. The molecule has 2 atom stereocenters. The van der Waals surface area contributed by atoms with Crippen molar-refractivity contribution in [1.29, 1.82) is 0 Å². The SMILES string of the molecule is C=CC(CCCCCCCC)C(CC)C(=O)O.CC.CC.